The topological polar surface area (TPSA) is 88.1 Å². The second-order valence-corrected chi connectivity index (χ2v) is 6.42. The molecule has 2 aliphatic heterocycles. The Morgan fingerprint density at radius 3 is 2.14 bits per heavy atom. The van der Waals surface area contributed by atoms with Crippen LogP contribution in [0.5, 0.6) is 0 Å². The molecule has 0 aromatic heterocycles. The summed E-state index contributed by atoms with van der Waals surface area (Å²) in [5, 5.41) is 0. The van der Waals surface area contributed by atoms with Gasteiger partial charge in [-0.25, -0.2) is 4.79 Å². The van der Waals surface area contributed by atoms with Gasteiger partial charge in [-0.15, -0.1) is 0 Å². The highest BCUT2D eigenvalue weighted by atomic mass is 16.8. The molecule has 5 atom stereocenters. The fourth-order valence-electron chi connectivity index (χ4n) is 2.99. The highest BCUT2D eigenvalue weighted by Crippen LogP contribution is 2.49. The molecule has 2 rings (SSSR count). The van der Waals surface area contributed by atoms with Crippen LogP contribution in [0.25, 0.3) is 0 Å². The molecule has 0 aromatic rings. The van der Waals surface area contributed by atoms with Crippen LogP contribution in [0.3, 0.4) is 0 Å². The summed E-state index contributed by atoms with van der Waals surface area (Å²) >= 11 is 0. The van der Waals surface area contributed by atoms with Gasteiger partial charge < -0.3 is 18.9 Å². The van der Waals surface area contributed by atoms with Crippen LogP contribution in [0.15, 0.2) is 0 Å². The van der Waals surface area contributed by atoms with Crippen LogP contribution in [0.4, 0.5) is 0 Å². The second-order valence-electron chi connectivity index (χ2n) is 6.42. The third-order valence-corrected chi connectivity index (χ3v) is 3.68. The van der Waals surface area contributed by atoms with Crippen molar-refractivity contribution in [2.45, 2.75) is 53.3 Å². The highest BCUT2D eigenvalue weighted by Gasteiger charge is 2.62. The van der Waals surface area contributed by atoms with Crippen molar-refractivity contribution >= 4 is 17.9 Å². The largest absolute Gasteiger partial charge is 0.450 e. The maximum Gasteiger partial charge on any atom is 0.350 e. The van der Waals surface area contributed by atoms with E-state index in [2.05, 4.69) is 0 Å². The number of fused-ring (bicyclic) bond motifs is 2. The first-order valence-corrected chi connectivity index (χ1v) is 6.81. The van der Waals surface area contributed by atoms with Gasteiger partial charge >= 0.3 is 17.9 Å². The lowest BCUT2D eigenvalue weighted by molar-refractivity contribution is -0.216. The highest BCUT2D eigenvalue weighted by molar-refractivity contribution is 5.80. The number of carbonyl (C=O) groups is 3. The summed E-state index contributed by atoms with van der Waals surface area (Å²) in [6, 6.07) is 0. The van der Waals surface area contributed by atoms with Crippen molar-refractivity contribution in [2.24, 2.45) is 17.3 Å². The lowest BCUT2D eigenvalue weighted by Crippen LogP contribution is -2.51. The smallest absolute Gasteiger partial charge is 0.350 e. The zero-order valence-corrected chi connectivity index (χ0v) is 12.7. The van der Waals surface area contributed by atoms with Crippen molar-refractivity contribution in [3.63, 3.8) is 0 Å². The Kier molecular flexibility index (Phi) is 3.97. The number of hydrogen-bond donors (Lipinski definition) is 0. The maximum absolute atomic E-state index is 12.0. The minimum atomic E-state index is -1.13. The third-order valence-electron chi connectivity index (χ3n) is 3.68. The Balaban J connectivity index is 2.36. The first-order valence-electron chi connectivity index (χ1n) is 6.81. The molecule has 2 fully saturated rings. The van der Waals surface area contributed by atoms with Crippen molar-refractivity contribution in [1.29, 1.82) is 0 Å². The second kappa shape index (κ2) is 5.29. The van der Waals surface area contributed by atoms with Gasteiger partial charge in [0.1, 0.15) is 0 Å². The fraction of sp³-hybridized carbons (Fsp3) is 0.786. The van der Waals surface area contributed by atoms with Crippen LogP contribution in [-0.4, -0.2) is 36.6 Å². The van der Waals surface area contributed by atoms with Crippen LogP contribution in [-0.2, 0) is 33.3 Å². The molecule has 21 heavy (non-hydrogen) atoms. The van der Waals surface area contributed by atoms with Crippen molar-refractivity contribution in [3.05, 3.63) is 0 Å². The Labute approximate surface area is 122 Å². The number of hydrogen-bond acceptors (Lipinski definition) is 7. The molecule has 0 aromatic carbocycles. The molecule has 2 saturated heterocycles. The van der Waals surface area contributed by atoms with E-state index in [0.29, 0.717) is 0 Å². The number of carbonyl (C=O) groups excluding carboxylic acids is 3. The van der Waals surface area contributed by atoms with Crippen molar-refractivity contribution in [3.8, 4) is 0 Å². The van der Waals surface area contributed by atoms with Crippen LogP contribution in [0, 0.1) is 17.3 Å². The van der Waals surface area contributed by atoms with E-state index in [1.807, 2.05) is 20.8 Å². The minimum Gasteiger partial charge on any atom is -0.450 e. The Bertz CT molecular complexity index is 464. The Morgan fingerprint density at radius 1 is 1.10 bits per heavy atom. The van der Waals surface area contributed by atoms with Gasteiger partial charge in [0.2, 0.25) is 18.7 Å². The quantitative estimate of drug-likeness (QED) is 0.555. The van der Waals surface area contributed by atoms with E-state index in [-0.39, 0.29) is 11.3 Å². The van der Waals surface area contributed by atoms with Crippen LogP contribution < -0.4 is 0 Å². The summed E-state index contributed by atoms with van der Waals surface area (Å²) in [7, 11) is 0. The Morgan fingerprint density at radius 2 is 1.67 bits per heavy atom. The van der Waals surface area contributed by atoms with E-state index < -0.39 is 42.5 Å². The first-order chi connectivity index (χ1) is 9.61. The van der Waals surface area contributed by atoms with Gasteiger partial charge in [0.25, 0.3) is 0 Å². The zero-order chi connectivity index (χ0) is 15.9. The molecule has 0 amide bonds. The van der Waals surface area contributed by atoms with E-state index in [1.54, 1.807) is 0 Å². The fourth-order valence-corrected chi connectivity index (χ4v) is 2.99. The van der Waals surface area contributed by atoms with E-state index in [4.69, 9.17) is 18.9 Å². The van der Waals surface area contributed by atoms with Crippen molar-refractivity contribution < 1.29 is 33.3 Å². The molecular formula is C14H20O7. The van der Waals surface area contributed by atoms with Gasteiger partial charge in [-0.1, -0.05) is 20.8 Å². The van der Waals surface area contributed by atoms with E-state index >= 15 is 0 Å². The summed E-state index contributed by atoms with van der Waals surface area (Å²) in [5.41, 5.74) is -0.288. The van der Waals surface area contributed by atoms with Gasteiger partial charge in [-0.2, -0.15) is 0 Å². The molecule has 7 heteroatoms. The number of ether oxygens (including phenoxy) is 4. The summed E-state index contributed by atoms with van der Waals surface area (Å²) in [5.74, 6) is -2.63. The predicted octanol–water partition coefficient (Wildman–Crippen LogP) is 0.999. The standard InChI is InChI=1S/C14H20O7/c1-6(15)18-10-8-9(14(3,4)5)13(20-11(10)17)21-12(8)19-7(2)16/h8-10,12-13H,1-5H3/t8-,9-,10-,12+,13+/m0/s1. The van der Waals surface area contributed by atoms with E-state index in [1.165, 1.54) is 13.8 Å². The van der Waals surface area contributed by atoms with Crippen LogP contribution in [0.1, 0.15) is 34.6 Å². The monoisotopic (exact) mass is 300 g/mol. The molecule has 2 bridgehead atoms. The van der Waals surface area contributed by atoms with Gasteiger partial charge in [0.15, 0.2) is 0 Å². The molecule has 0 saturated carbocycles. The Hall–Kier alpha value is -1.63. The van der Waals surface area contributed by atoms with Crippen molar-refractivity contribution in [2.75, 3.05) is 0 Å². The molecular weight excluding hydrogens is 280 g/mol. The van der Waals surface area contributed by atoms with Gasteiger partial charge in [0, 0.05) is 19.8 Å². The molecule has 0 aliphatic carbocycles. The molecule has 2 aliphatic rings. The van der Waals surface area contributed by atoms with Crippen LogP contribution in [0.2, 0.25) is 0 Å². The normalized spacial score (nSPS) is 35.1. The molecule has 2 heterocycles. The number of rotatable bonds is 2. The molecule has 0 radical (unpaired) electrons. The SMILES string of the molecule is CC(=O)O[C@@H]1O[C@H]2OC(=O)[C@@H](OC(C)=O)[C@@H]1[C@@H]2C(C)(C)C. The van der Waals surface area contributed by atoms with E-state index in [9.17, 15) is 14.4 Å². The summed E-state index contributed by atoms with van der Waals surface area (Å²) in [6.45, 7) is 8.34. The predicted molar refractivity (Wildman–Crippen MR) is 68.5 cm³/mol. The molecule has 0 spiro atoms. The third kappa shape index (κ3) is 3.02. The van der Waals surface area contributed by atoms with E-state index in [0.717, 1.165) is 0 Å². The lowest BCUT2D eigenvalue weighted by Gasteiger charge is -2.39. The zero-order valence-electron chi connectivity index (χ0n) is 12.7. The molecule has 7 nitrogen and oxygen atoms in total. The summed E-state index contributed by atoms with van der Waals surface area (Å²) in [6.07, 6.45) is -2.90. The average Bonchev–Trinajstić information content (AvgIpc) is 2.56. The first kappa shape index (κ1) is 15.8. The molecule has 0 N–H and O–H groups in total. The number of esters is 3. The maximum atomic E-state index is 12.0. The summed E-state index contributed by atoms with van der Waals surface area (Å²) < 4.78 is 21.0. The molecule has 118 valence electrons. The summed E-state index contributed by atoms with van der Waals surface area (Å²) in [4.78, 5) is 34.4. The lowest BCUT2D eigenvalue weighted by atomic mass is 9.70. The van der Waals surface area contributed by atoms with Gasteiger partial charge in [0.05, 0.1) is 5.92 Å². The minimum absolute atomic E-state index is 0.246. The van der Waals surface area contributed by atoms with Crippen molar-refractivity contribution in [1.82, 2.24) is 0 Å². The van der Waals surface area contributed by atoms with Gasteiger partial charge in [-0.05, 0) is 5.41 Å². The average molecular weight is 300 g/mol. The molecule has 0 unspecified atom stereocenters. The van der Waals surface area contributed by atoms with Gasteiger partial charge in [-0.3, -0.25) is 9.59 Å². The van der Waals surface area contributed by atoms with Crippen LogP contribution >= 0.6 is 0 Å².